The van der Waals surface area contributed by atoms with Crippen LogP contribution in [0.4, 0.5) is 0 Å². The summed E-state index contributed by atoms with van der Waals surface area (Å²) >= 11 is 0. The summed E-state index contributed by atoms with van der Waals surface area (Å²) in [6.07, 6.45) is 0. The lowest BCUT2D eigenvalue weighted by atomic mass is 10.1. The van der Waals surface area contributed by atoms with Crippen molar-refractivity contribution >= 4 is 8.45 Å². The van der Waals surface area contributed by atoms with Gasteiger partial charge in [0.05, 0.1) is 0 Å². The molecular formula is C10H22N2OP-. The first-order valence-corrected chi connectivity index (χ1v) is 6.33. The summed E-state index contributed by atoms with van der Waals surface area (Å²) in [5.41, 5.74) is 0.0148. The van der Waals surface area contributed by atoms with Crippen LogP contribution < -0.4 is 4.89 Å². The number of hydrogen-bond acceptors (Lipinski definition) is 3. The van der Waals surface area contributed by atoms with E-state index in [1.54, 1.807) is 0 Å². The van der Waals surface area contributed by atoms with E-state index in [0.717, 1.165) is 13.1 Å². The topological polar surface area (TPSA) is 29.5 Å². The van der Waals surface area contributed by atoms with E-state index in [9.17, 15) is 4.89 Å². The van der Waals surface area contributed by atoms with Crippen molar-refractivity contribution in [1.82, 2.24) is 9.34 Å². The summed E-state index contributed by atoms with van der Waals surface area (Å²) < 4.78 is 4.18. The highest BCUT2D eigenvalue weighted by Gasteiger charge is 2.36. The molecule has 1 rings (SSSR count). The predicted molar refractivity (Wildman–Crippen MR) is 59.8 cm³/mol. The SMILES string of the molecule is CC(C)(C)N1CCN(C(C)(C)C)P1[O-]. The number of rotatable bonds is 0. The van der Waals surface area contributed by atoms with Crippen molar-refractivity contribution in [3.63, 3.8) is 0 Å². The Balaban J connectivity index is 2.75. The van der Waals surface area contributed by atoms with Gasteiger partial charge < -0.3 is 4.89 Å². The zero-order chi connectivity index (χ0) is 11.1. The Labute approximate surface area is 89.0 Å². The number of nitrogens with zero attached hydrogens (tertiary/aromatic N) is 2. The average molecular weight is 217 g/mol. The maximum absolute atomic E-state index is 12.2. The lowest BCUT2D eigenvalue weighted by Crippen LogP contribution is -2.41. The van der Waals surface area contributed by atoms with Crippen molar-refractivity contribution in [3.05, 3.63) is 0 Å². The van der Waals surface area contributed by atoms with E-state index in [2.05, 4.69) is 50.9 Å². The smallest absolute Gasteiger partial charge is 0.0162 e. The normalized spacial score (nSPS) is 23.4. The molecule has 0 unspecified atom stereocenters. The van der Waals surface area contributed by atoms with E-state index in [-0.39, 0.29) is 11.1 Å². The van der Waals surface area contributed by atoms with Crippen LogP contribution >= 0.6 is 8.45 Å². The standard InChI is InChI=1S/C10H22N2OP/c1-9(2,3)11-7-8-12(14(11)13)10(4,5)6/h7-8H2,1-6H3/q-1. The van der Waals surface area contributed by atoms with Crippen molar-refractivity contribution in [3.8, 4) is 0 Å². The Morgan fingerprint density at radius 2 is 1.14 bits per heavy atom. The highest BCUT2D eigenvalue weighted by atomic mass is 31.2. The van der Waals surface area contributed by atoms with Crippen molar-refractivity contribution in [1.29, 1.82) is 0 Å². The summed E-state index contributed by atoms with van der Waals surface area (Å²) in [5.74, 6) is 0. The zero-order valence-electron chi connectivity index (χ0n) is 10.2. The lowest BCUT2D eigenvalue weighted by molar-refractivity contribution is -0.183. The lowest BCUT2D eigenvalue weighted by Gasteiger charge is -2.47. The second-order valence-corrected chi connectivity index (χ2v) is 7.31. The molecule has 4 heteroatoms. The van der Waals surface area contributed by atoms with Crippen LogP contribution in [0.2, 0.25) is 0 Å². The highest BCUT2D eigenvalue weighted by molar-refractivity contribution is 7.45. The van der Waals surface area contributed by atoms with Gasteiger partial charge in [-0.15, -0.1) is 0 Å². The van der Waals surface area contributed by atoms with Gasteiger partial charge >= 0.3 is 0 Å². The molecule has 84 valence electrons. The molecule has 1 fully saturated rings. The molecule has 1 aliphatic rings. The first-order valence-electron chi connectivity index (χ1n) is 5.16. The van der Waals surface area contributed by atoms with Gasteiger partial charge in [0, 0.05) is 24.2 Å². The van der Waals surface area contributed by atoms with Crippen LogP contribution in [0.15, 0.2) is 0 Å². The minimum absolute atomic E-state index is 0.00739. The van der Waals surface area contributed by atoms with Crippen LogP contribution in [0, 0.1) is 0 Å². The third-order valence-corrected chi connectivity index (χ3v) is 4.91. The molecule has 0 atom stereocenters. The molecule has 0 amide bonds. The molecular weight excluding hydrogens is 195 g/mol. The molecule has 0 aromatic heterocycles. The monoisotopic (exact) mass is 217 g/mol. The highest BCUT2D eigenvalue weighted by Crippen LogP contribution is 2.49. The first-order chi connectivity index (χ1) is 6.14. The summed E-state index contributed by atoms with van der Waals surface area (Å²) in [7, 11) is -1.35. The van der Waals surface area contributed by atoms with Gasteiger partial charge in [-0.3, -0.25) is 9.34 Å². The molecule has 1 aliphatic heterocycles. The Morgan fingerprint density at radius 1 is 0.857 bits per heavy atom. The molecule has 0 aromatic carbocycles. The van der Waals surface area contributed by atoms with Crippen molar-refractivity contribution in [2.45, 2.75) is 52.6 Å². The van der Waals surface area contributed by atoms with Gasteiger partial charge in [-0.2, -0.15) is 0 Å². The van der Waals surface area contributed by atoms with Crippen LogP contribution in [0.25, 0.3) is 0 Å². The van der Waals surface area contributed by atoms with E-state index in [1.807, 2.05) is 0 Å². The van der Waals surface area contributed by atoms with Crippen molar-refractivity contribution in [2.24, 2.45) is 0 Å². The fourth-order valence-electron chi connectivity index (χ4n) is 1.67. The van der Waals surface area contributed by atoms with Gasteiger partial charge in [-0.05, 0) is 41.5 Å². The minimum atomic E-state index is -1.35. The summed E-state index contributed by atoms with van der Waals surface area (Å²) in [6, 6.07) is 0. The van der Waals surface area contributed by atoms with Gasteiger partial charge in [0.1, 0.15) is 0 Å². The first kappa shape index (κ1) is 12.4. The average Bonchev–Trinajstić information content (AvgIpc) is 2.26. The fourth-order valence-corrected chi connectivity index (χ4v) is 3.48. The van der Waals surface area contributed by atoms with Crippen LogP contribution in [-0.4, -0.2) is 33.5 Å². The van der Waals surface area contributed by atoms with E-state index in [1.165, 1.54) is 0 Å². The molecule has 3 nitrogen and oxygen atoms in total. The van der Waals surface area contributed by atoms with Gasteiger partial charge in [0.2, 0.25) is 0 Å². The van der Waals surface area contributed by atoms with Gasteiger partial charge in [0.15, 0.2) is 0 Å². The summed E-state index contributed by atoms with van der Waals surface area (Å²) in [4.78, 5) is 12.2. The molecule has 0 aromatic rings. The Hall–Kier alpha value is 0.310. The molecule has 0 saturated carbocycles. The third-order valence-electron chi connectivity index (χ3n) is 2.49. The Bertz CT molecular complexity index is 185. The molecule has 0 N–H and O–H groups in total. The molecule has 1 saturated heterocycles. The maximum atomic E-state index is 12.2. The molecule has 0 aliphatic carbocycles. The molecule has 0 spiro atoms. The van der Waals surface area contributed by atoms with Crippen molar-refractivity contribution < 1.29 is 4.89 Å². The van der Waals surface area contributed by atoms with E-state index < -0.39 is 8.45 Å². The maximum Gasteiger partial charge on any atom is 0.0162 e. The van der Waals surface area contributed by atoms with Crippen molar-refractivity contribution in [2.75, 3.05) is 13.1 Å². The van der Waals surface area contributed by atoms with Crippen LogP contribution in [-0.2, 0) is 0 Å². The predicted octanol–water partition coefficient (Wildman–Crippen LogP) is 1.79. The molecule has 1 heterocycles. The quantitative estimate of drug-likeness (QED) is 0.579. The minimum Gasteiger partial charge on any atom is -0.806 e. The summed E-state index contributed by atoms with van der Waals surface area (Å²) in [5, 5.41) is 0. The molecule has 0 radical (unpaired) electrons. The zero-order valence-corrected chi connectivity index (χ0v) is 11.1. The Kier molecular flexibility index (Phi) is 3.28. The van der Waals surface area contributed by atoms with Gasteiger partial charge in [-0.25, -0.2) is 0 Å². The van der Waals surface area contributed by atoms with E-state index >= 15 is 0 Å². The van der Waals surface area contributed by atoms with Gasteiger partial charge in [-0.1, -0.05) is 8.45 Å². The van der Waals surface area contributed by atoms with Gasteiger partial charge in [0.25, 0.3) is 0 Å². The fraction of sp³-hybridized carbons (Fsp3) is 1.00. The second kappa shape index (κ2) is 3.71. The van der Waals surface area contributed by atoms with E-state index in [4.69, 9.17) is 0 Å². The third kappa shape index (κ3) is 2.46. The number of hydrogen-bond donors (Lipinski definition) is 0. The van der Waals surface area contributed by atoms with Crippen LogP contribution in [0.1, 0.15) is 41.5 Å². The largest absolute Gasteiger partial charge is 0.806 e. The summed E-state index contributed by atoms with van der Waals surface area (Å²) in [6.45, 7) is 14.5. The van der Waals surface area contributed by atoms with Crippen LogP contribution in [0.5, 0.6) is 0 Å². The Morgan fingerprint density at radius 3 is 1.29 bits per heavy atom. The van der Waals surface area contributed by atoms with E-state index in [0.29, 0.717) is 0 Å². The molecule has 0 bridgehead atoms. The van der Waals surface area contributed by atoms with Crippen LogP contribution in [0.3, 0.4) is 0 Å². The second-order valence-electron chi connectivity index (χ2n) is 5.84. The molecule has 14 heavy (non-hydrogen) atoms.